The van der Waals surface area contributed by atoms with E-state index in [0.29, 0.717) is 12.1 Å². The van der Waals surface area contributed by atoms with Crippen molar-refractivity contribution < 1.29 is 22.5 Å². The Morgan fingerprint density at radius 3 is 2.14 bits per heavy atom. The van der Waals surface area contributed by atoms with Crippen molar-refractivity contribution in [1.29, 1.82) is 0 Å². The summed E-state index contributed by atoms with van der Waals surface area (Å²) in [5.74, 6) is -1.44. The Morgan fingerprint density at radius 2 is 1.62 bits per heavy atom. The van der Waals surface area contributed by atoms with Gasteiger partial charge in [-0.1, -0.05) is 12.1 Å². The van der Waals surface area contributed by atoms with Crippen molar-refractivity contribution in [1.82, 2.24) is 0 Å². The molecule has 0 bridgehead atoms. The summed E-state index contributed by atoms with van der Waals surface area (Å²) in [6.07, 6.45) is -4.80. The second-order valence-electron chi connectivity index (χ2n) is 4.22. The van der Waals surface area contributed by atoms with Crippen LogP contribution in [0.5, 0.6) is 0 Å². The molecular formula is C13H8F4N2O2. The van der Waals surface area contributed by atoms with Crippen molar-refractivity contribution in [3.8, 4) is 11.1 Å². The van der Waals surface area contributed by atoms with Gasteiger partial charge in [-0.3, -0.25) is 10.1 Å². The lowest BCUT2D eigenvalue weighted by Crippen LogP contribution is -2.07. The van der Waals surface area contributed by atoms with E-state index in [-0.39, 0.29) is 16.8 Å². The van der Waals surface area contributed by atoms with Crippen molar-refractivity contribution in [2.45, 2.75) is 6.18 Å². The number of hydrogen-bond acceptors (Lipinski definition) is 3. The van der Waals surface area contributed by atoms with Gasteiger partial charge in [-0.15, -0.1) is 0 Å². The van der Waals surface area contributed by atoms with Gasteiger partial charge in [0.25, 0.3) is 5.69 Å². The maximum absolute atomic E-state index is 13.5. The number of nitrogen functional groups attached to an aromatic ring is 1. The SMILES string of the molecule is Nc1ccc(-c2ccc(C(F)(F)F)c(F)c2)cc1[N+](=O)[O-]. The first kappa shape index (κ1) is 14.8. The number of halogens is 4. The number of nitro benzene ring substituents is 1. The molecule has 0 spiro atoms. The van der Waals surface area contributed by atoms with E-state index in [4.69, 9.17) is 5.73 Å². The van der Waals surface area contributed by atoms with Gasteiger partial charge in [0.1, 0.15) is 11.5 Å². The van der Waals surface area contributed by atoms with Gasteiger partial charge in [0, 0.05) is 6.07 Å². The van der Waals surface area contributed by atoms with Gasteiger partial charge < -0.3 is 5.73 Å². The summed E-state index contributed by atoms with van der Waals surface area (Å²) in [7, 11) is 0. The summed E-state index contributed by atoms with van der Waals surface area (Å²) in [5.41, 5.74) is 3.82. The number of alkyl halides is 3. The van der Waals surface area contributed by atoms with Gasteiger partial charge in [0.05, 0.1) is 10.5 Å². The standard InChI is InChI=1S/C13H8F4N2O2/c14-10-5-7(1-3-9(10)13(15,16)17)8-2-4-11(18)12(6-8)19(20)21/h1-6H,18H2. The molecule has 110 valence electrons. The Bertz CT molecular complexity index is 714. The molecule has 8 heteroatoms. The molecule has 0 radical (unpaired) electrons. The van der Waals surface area contributed by atoms with Crippen LogP contribution in [0.2, 0.25) is 0 Å². The average molecular weight is 300 g/mol. The van der Waals surface area contributed by atoms with E-state index in [9.17, 15) is 27.7 Å². The highest BCUT2D eigenvalue weighted by Gasteiger charge is 2.34. The summed E-state index contributed by atoms with van der Waals surface area (Å²) >= 11 is 0. The van der Waals surface area contributed by atoms with E-state index in [1.54, 1.807) is 0 Å². The van der Waals surface area contributed by atoms with Crippen LogP contribution in [0.1, 0.15) is 5.56 Å². The van der Waals surface area contributed by atoms with Crippen molar-refractivity contribution in [2.75, 3.05) is 5.73 Å². The highest BCUT2D eigenvalue weighted by molar-refractivity contribution is 5.72. The van der Waals surface area contributed by atoms with Crippen LogP contribution >= 0.6 is 0 Å². The molecule has 0 fully saturated rings. The number of nitrogens with zero attached hydrogens (tertiary/aromatic N) is 1. The Balaban J connectivity index is 2.51. The zero-order valence-electron chi connectivity index (χ0n) is 10.3. The molecule has 0 aliphatic rings. The van der Waals surface area contributed by atoms with Crippen LogP contribution in [0.3, 0.4) is 0 Å². The molecule has 2 aromatic rings. The fourth-order valence-electron chi connectivity index (χ4n) is 1.81. The molecule has 0 atom stereocenters. The minimum atomic E-state index is -4.80. The molecule has 0 aromatic heterocycles. The third kappa shape index (κ3) is 2.93. The van der Waals surface area contributed by atoms with E-state index >= 15 is 0 Å². The van der Waals surface area contributed by atoms with Crippen molar-refractivity contribution in [2.24, 2.45) is 0 Å². The zero-order chi connectivity index (χ0) is 15.8. The first-order chi connectivity index (χ1) is 9.70. The van der Waals surface area contributed by atoms with Crippen LogP contribution in [0, 0.1) is 15.9 Å². The van der Waals surface area contributed by atoms with E-state index in [1.165, 1.54) is 12.1 Å². The molecule has 0 saturated carbocycles. The summed E-state index contributed by atoms with van der Waals surface area (Å²) in [4.78, 5) is 10.0. The van der Waals surface area contributed by atoms with Crippen molar-refractivity contribution in [3.63, 3.8) is 0 Å². The first-order valence-electron chi connectivity index (χ1n) is 5.61. The Morgan fingerprint density at radius 1 is 1.05 bits per heavy atom. The smallest absolute Gasteiger partial charge is 0.393 e. The molecular weight excluding hydrogens is 292 g/mol. The normalized spacial score (nSPS) is 11.4. The molecule has 2 rings (SSSR count). The summed E-state index contributed by atoms with van der Waals surface area (Å²) in [5, 5.41) is 10.8. The second kappa shape index (κ2) is 5.04. The highest BCUT2D eigenvalue weighted by Crippen LogP contribution is 2.34. The van der Waals surface area contributed by atoms with E-state index in [0.717, 1.165) is 12.1 Å². The minimum Gasteiger partial charge on any atom is -0.393 e. The molecule has 0 heterocycles. The topological polar surface area (TPSA) is 69.2 Å². The van der Waals surface area contributed by atoms with Gasteiger partial charge in [-0.2, -0.15) is 13.2 Å². The fourth-order valence-corrected chi connectivity index (χ4v) is 1.81. The van der Waals surface area contributed by atoms with Crippen LogP contribution < -0.4 is 5.73 Å². The summed E-state index contributed by atoms with van der Waals surface area (Å²) < 4.78 is 50.9. The van der Waals surface area contributed by atoms with E-state index in [1.807, 2.05) is 0 Å². The number of anilines is 1. The lowest BCUT2D eigenvalue weighted by molar-refractivity contribution is -0.383. The Hall–Kier alpha value is -2.64. The van der Waals surface area contributed by atoms with E-state index < -0.39 is 28.2 Å². The molecule has 4 nitrogen and oxygen atoms in total. The maximum atomic E-state index is 13.5. The predicted octanol–water partition coefficient (Wildman–Crippen LogP) is 4.00. The lowest BCUT2D eigenvalue weighted by Gasteiger charge is -2.09. The molecule has 21 heavy (non-hydrogen) atoms. The quantitative estimate of drug-likeness (QED) is 0.394. The maximum Gasteiger partial charge on any atom is 0.419 e. The fraction of sp³-hybridized carbons (Fsp3) is 0.0769. The zero-order valence-corrected chi connectivity index (χ0v) is 10.3. The number of nitrogens with two attached hydrogens (primary N) is 1. The number of rotatable bonds is 2. The monoisotopic (exact) mass is 300 g/mol. The van der Waals surface area contributed by atoms with Gasteiger partial charge in [-0.25, -0.2) is 4.39 Å². The molecule has 2 N–H and O–H groups in total. The molecule has 2 aromatic carbocycles. The predicted molar refractivity (Wildman–Crippen MR) is 67.9 cm³/mol. The summed E-state index contributed by atoms with van der Waals surface area (Å²) in [6, 6.07) is 6.00. The lowest BCUT2D eigenvalue weighted by atomic mass is 10.0. The Kier molecular flexibility index (Phi) is 3.54. The van der Waals surface area contributed by atoms with Gasteiger partial charge in [-0.05, 0) is 29.3 Å². The van der Waals surface area contributed by atoms with Gasteiger partial charge in [0.2, 0.25) is 0 Å². The second-order valence-corrected chi connectivity index (χ2v) is 4.22. The van der Waals surface area contributed by atoms with Crippen LogP contribution in [0.4, 0.5) is 28.9 Å². The molecule has 0 unspecified atom stereocenters. The molecule has 0 aliphatic carbocycles. The number of nitro groups is 1. The molecule has 0 amide bonds. The average Bonchev–Trinajstić information content (AvgIpc) is 2.37. The van der Waals surface area contributed by atoms with Crippen molar-refractivity contribution >= 4 is 11.4 Å². The largest absolute Gasteiger partial charge is 0.419 e. The van der Waals surface area contributed by atoms with Crippen LogP contribution in [0.25, 0.3) is 11.1 Å². The molecule has 0 saturated heterocycles. The minimum absolute atomic E-state index is 0.0867. The van der Waals surface area contributed by atoms with Gasteiger partial charge in [0.15, 0.2) is 0 Å². The summed E-state index contributed by atoms with van der Waals surface area (Å²) in [6.45, 7) is 0. The van der Waals surface area contributed by atoms with E-state index in [2.05, 4.69) is 0 Å². The van der Waals surface area contributed by atoms with Crippen LogP contribution in [0.15, 0.2) is 36.4 Å². The van der Waals surface area contributed by atoms with Gasteiger partial charge >= 0.3 is 6.18 Å². The first-order valence-corrected chi connectivity index (χ1v) is 5.61. The third-order valence-corrected chi connectivity index (χ3v) is 2.83. The van der Waals surface area contributed by atoms with Crippen LogP contribution in [-0.4, -0.2) is 4.92 Å². The van der Waals surface area contributed by atoms with Crippen molar-refractivity contribution in [3.05, 3.63) is 57.9 Å². The number of hydrogen-bond donors (Lipinski definition) is 1. The number of benzene rings is 2. The third-order valence-electron chi connectivity index (χ3n) is 2.83. The molecule has 0 aliphatic heterocycles. The Labute approximate surface area is 116 Å². The highest BCUT2D eigenvalue weighted by atomic mass is 19.4. The van der Waals surface area contributed by atoms with Crippen LogP contribution in [-0.2, 0) is 6.18 Å².